The number of nitrogens with one attached hydrogen (secondary N) is 1. The largest absolute Gasteiger partial charge is 0.469 e. The number of hydrogen-bond donors (Lipinski definition) is 2. The SMILES string of the molecule is COC(=O)CCCCCCNC(=O)N1CCC(C(O)(c2ccccc2)c2ccccc2)CC1. The lowest BCUT2D eigenvalue weighted by atomic mass is 9.72. The summed E-state index contributed by atoms with van der Waals surface area (Å²) in [5, 5.41) is 15.0. The Hall–Kier alpha value is -2.86. The maximum absolute atomic E-state index is 12.6. The molecule has 2 aromatic rings. The predicted octanol–water partition coefficient (Wildman–Crippen LogP) is 4.47. The average molecular weight is 453 g/mol. The van der Waals surface area contributed by atoms with E-state index in [-0.39, 0.29) is 17.9 Å². The van der Waals surface area contributed by atoms with Crippen LogP contribution in [0.5, 0.6) is 0 Å². The van der Waals surface area contributed by atoms with Gasteiger partial charge < -0.3 is 20.1 Å². The number of benzene rings is 2. The minimum atomic E-state index is -1.07. The van der Waals surface area contributed by atoms with Crippen molar-refractivity contribution in [3.8, 4) is 0 Å². The molecule has 0 aromatic heterocycles. The van der Waals surface area contributed by atoms with Gasteiger partial charge in [-0.3, -0.25) is 4.79 Å². The zero-order valence-electron chi connectivity index (χ0n) is 19.5. The van der Waals surface area contributed by atoms with Gasteiger partial charge in [0.05, 0.1) is 7.11 Å². The summed E-state index contributed by atoms with van der Waals surface area (Å²) in [6, 6.07) is 19.7. The topological polar surface area (TPSA) is 78.9 Å². The Kier molecular flexibility index (Phi) is 9.31. The third-order valence-electron chi connectivity index (χ3n) is 6.61. The van der Waals surface area contributed by atoms with Gasteiger partial charge >= 0.3 is 12.0 Å². The molecule has 33 heavy (non-hydrogen) atoms. The molecule has 2 amide bonds. The van der Waals surface area contributed by atoms with E-state index >= 15 is 0 Å². The van der Waals surface area contributed by atoms with Crippen molar-refractivity contribution >= 4 is 12.0 Å². The third-order valence-corrected chi connectivity index (χ3v) is 6.61. The van der Waals surface area contributed by atoms with Gasteiger partial charge in [-0.25, -0.2) is 4.79 Å². The Bertz CT molecular complexity index is 825. The van der Waals surface area contributed by atoms with Crippen molar-refractivity contribution in [1.29, 1.82) is 0 Å². The number of methoxy groups -OCH3 is 1. The first-order valence-corrected chi connectivity index (χ1v) is 12.0. The molecule has 1 aliphatic rings. The molecule has 0 aliphatic carbocycles. The van der Waals surface area contributed by atoms with Crippen molar-refractivity contribution in [3.63, 3.8) is 0 Å². The summed E-state index contributed by atoms with van der Waals surface area (Å²) in [5.41, 5.74) is 0.715. The third kappa shape index (κ3) is 6.57. The van der Waals surface area contributed by atoms with Gasteiger partial charge in [0.25, 0.3) is 0 Å². The molecule has 0 atom stereocenters. The molecule has 0 radical (unpaired) electrons. The van der Waals surface area contributed by atoms with Crippen LogP contribution in [0.4, 0.5) is 4.79 Å². The number of hydrogen-bond acceptors (Lipinski definition) is 4. The van der Waals surface area contributed by atoms with Crippen LogP contribution >= 0.6 is 0 Å². The van der Waals surface area contributed by atoms with Crippen molar-refractivity contribution in [2.24, 2.45) is 5.92 Å². The Morgan fingerprint density at radius 3 is 2.03 bits per heavy atom. The number of likely N-dealkylation sites (tertiary alicyclic amines) is 1. The highest BCUT2D eigenvalue weighted by Gasteiger charge is 2.42. The molecule has 2 aromatic carbocycles. The Balaban J connectivity index is 1.49. The lowest BCUT2D eigenvalue weighted by Crippen LogP contribution is -2.49. The van der Waals surface area contributed by atoms with Crippen LogP contribution in [0.25, 0.3) is 0 Å². The number of amides is 2. The molecule has 0 bridgehead atoms. The van der Waals surface area contributed by atoms with Crippen molar-refractivity contribution in [2.45, 2.75) is 50.5 Å². The summed E-state index contributed by atoms with van der Waals surface area (Å²) in [5.74, 6) is -0.140. The van der Waals surface area contributed by atoms with Crippen molar-refractivity contribution < 1.29 is 19.4 Å². The number of carbonyl (C=O) groups excluding carboxylic acids is 2. The van der Waals surface area contributed by atoms with Crippen LogP contribution in [0, 0.1) is 5.92 Å². The zero-order chi connectivity index (χ0) is 23.5. The highest BCUT2D eigenvalue weighted by Crippen LogP contribution is 2.41. The van der Waals surface area contributed by atoms with E-state index in [0.29, 0.717) is 26.1 Å². The number of nitrogens with zero attached hydrogens (tertiary/aromatic N) is 1. The second-order valence-corrected chi connectivity index (χ2v) is 8.73. The summed E-state index contributed by atoms with van der Waals surface area (Å²) < 4.78 is 4.64. The van der Waals surface area contributed by atoms with Gasteiger partial charge in [-0.1, -0.05) is 73.5 Å². The van der Waals surface area contributed by atoms with Gasteiger partial charge in [-0.2, -0.15) is 0 Å². The Labute approximate surface area is 196 Å². The number of aliphatic hydroxyl groups is 1. The first-order valence-electron chi connectivity index (χ1n) is 12.0. The Morgan fingerprint density at radius 1 is 0.939 bits per heavy atom. The summed E-state index contributed by atoms with van der Waals surface area (Å²) >= 11 is 0. The number of rotatable bonds is 10. The number of unbranched alkanes of at least 4 members (excludes halogenated alkanes) is 3. The molecule has 3 rings (SSSR count). The van der Waals surface area contributed by atoms with Gasteiger partial charge in [-0.15, -0.1) is 0 Å². The molecule has 1 heterocycles. The molecule has 0 spiro atoms. The Morgan fingerprint density at radius 2 is 1.48 bits per heavy atom. The van der Waals surface area contributed by atoms with E-state index in [1.54, 1.807) is 0 Å². The molecular formula is C27H36N2O4. The molecule has 1 aliphatic heterocycles. The summed E-state index contributed by atoms with van der Waals surface area (Å²) in [6.45, 7) is 1.88. The van der Waals surface area contributed by atoms with E-state index < -0.39 is 5.60 Å². The molecule has 178 valence electrons. The van der Waals surface area contributed by atoms with E-state index in [9.17, 15) is 14.7 Å². The lowest BCUT2D eigenvalue weighted by Gasteiger charge is -2.42. The molecule has 0 saturated carbocycles. The van der Waals surface area contributed by atoms with E-state index in [1.165, 1.54) is 7.11 Å². The second kappa shape index (κ2) is 12.4. The fourth-order valence-corrected chi connectivity index (χ4v) is 4.68. The van der Waals surface area contributed by atoms with Gasteiger partial charge in [0.2, 0.25) is 0 Å². The molecule has 6 nitrogen and oxygen atoms in total. The van der Waals surface area contributed by atoms with E-state index in [4.69, 9.17) is 0 Å². The van der Waals surface area contributed by atoms with Gasteiger partial charge in [0.15, 0.2) is 0 Å². The van der Waals surface area contributed by atoms with E-state index in [0.717, 1.165) is 49.7 Å². The number of ether oxygens (including phenoxy) is 1. The highest BCUT2D eigenvalue weighted by molar-refractivity contribution is 5.74. The van der Waals surface area contributed by atoms with Crippen LogP contribution in [0.1, 0.15) is 56.1 Å². The lowest BCUT2D eigenvalue weighted by molar-refractivity contribution is -0.140. The molecule has 0 unspecified atom stereocenters. The minimum absolute atomic E-state index is 0.0289. The smallest absolute Gasteiger partial charge is 0.317 e. The zero-order valence-corrected chi connectivity index (χ0v) is 19.5. The molecule has 1 saturated heterocycles. The summed E-state index contributed by atoms with van der Waals surface area (Å²) in [6.07, 6.45) is 5.57. The minimum Gasteiger partial charge on any atom is -0.469 e. The van der Waals surface area contributed by atoms with Crippen LogP contribution < -0.4 is 5.32 Å². The average Bonchev–Trinajstić information content (AvgIpc) is 2.88. The van der Waals surface area contributed by atoms with Crippen molar-refractivity contribution in [2.75, 3.05) is 26.7 Å². The van der Waals surface area contributed by atoms with Crippen LogP contribution in [0.3, 0.4) is 0 Å². The van der Waals surface area contributed by atoms with Crippen LogP contribution in [0.15, 0.2) is 60.7 Å². The van der Waals surface area contributed by atoms with Gasteiger partial charge in [0.1, 0.15) is 5.60 Å². The van der Waals surface area contributed by atoms with Crippen LogP contribution in [-0.4, -0.2) is 48.8 Å². The number of esters is 1. The fourth-order valence-electron chi connectivity index (χ4n) is 4.68. The normalized spacial score (nSPS) is 14.7. The van der Waals surface area contributed by atoms with Crippen molar-refractivity contribution in [1.82, 2.24) is 10.2 Å². The van der Waals surface area contributed by atoms with Crippen LogP contribution in [-0.2, 0) is 15.1 Å². The molecular weight excluding hydrogens is 416 g/mol. The van der Waals surface area contributed by atoms with Crippen molar-refractivity contribution in [3.05, 3.63) is 71.8 Å². The fraction of sp³-hybridized carbons (Fsp3) is 0.481. The maximum Gasteiger partial charge on any atom is 0.317 e. The van der Waals surface area contributed by atoms with Gasteiger partial charge in [-0.05, 0) is 42.7 Å². The quantitative estimate of drug-likeness (QED) is 0.412. The highest BCUT2D eigenvalue weighted by atomic mass is 16.5. The summed E-state index contributed by atoms with van der Waals surface area (Å²) in [4.78, 5) is 25.6. The number of urea groups is 1. The first kappa shape index (κ1) is 24.8. The number of piperidine rings is 1. The second-order valence-electron chi connectivity index (χ2n) is 8.73. The van der Waals surface area contributed by atoms with Gasteiger partial charge in [0, 0.05) is 26.1 Å². The van der Waals surface area contributed by atoms with E-state index in [1.807, 2.05) is 65.6 Å². The van der Waals surface area contributed by atoms with Crippen LogP contribution in [0.2, 0.25) is 0 Å². The first-order chi connectivity index (χ1) is 16.1. The van der Waals surface area contributed by atoms with E-state index in [2.05, 4.69) is 10.1 Å². The predicted molar refractivity (Wildman–Crippen MR) is 129 cm³/mol. The summed E-state index contributed by atoms with van der Waals surface area (Å²) in [7, 11) is 1.41. The molecule has 6 heteroatoms. The standard InChI is InChI=1S/C27H36N2O4/c1-33-25(30)16-10-2-3-11-19-28-26(31)29-20-17-24(18-21-29)27(32,22-12-6-4-7-13-22)23-14-8-5-9-15-23/h4-9,12-15,24,32H,2-3,10-11,16-21H2,1H3,(H,28,31). The molecule has 2 N–H and O–H groups in total. The number of carbonyl (C=O) groups is 2. The maximum atomic E-state index is 12.6. The monoisotopic (exact) mass is 452 g/mol. The molecule has 1 fully saturated rings.